The van der Waals surface area contributed by atoms with E-state index in [4.69, 9.17) is 20.7 Å². The van der Waals surface area contributed by atoms with E-state index < -0.39 is 5.91 Å². The number of benzene rings is 1. The summed E-state index contributed by atoms with van der Waals surface area (Å²) < 4.78 is 3.01. The Morgan fingerprint density at radius 1 is 1.17 bits per heavy atom. The van der Waals surface area contributed by atoms with Gasteiger partial charge in [0.1, 0.15) is 5.82 Å². The molecule has 1 aromatic carbocycles. The van der Waals surface area contributed by atoms with Gasteiger partial charge < -0.3 is 15.9 Å². The maximum Gasteiger partial charge on any atom is 0.290 e. The highest BCUT2D eigenvalue weighted by atomic mass is 32.1. The van der Waals surface area contributed by atoms with Crippen molar-refractivity contribution in [2.24, 2.45) is 5.73 Å². The van der Waals surface area contributed by atoms with Crippen LogP contribution in [-0.2, 0) is 35.4 Å². The third kappa shape index (κ3) is 7.24. The van der Waals surface area contributed by atoms with E-state index in [1.54, 1.807) is 16.0 Å². The first-order chi connectivity index (χ1) is 14.1. The molecule has 0 saturated carbocycles. The number of carbonyl (C=O) groups is 2. The monoisotopic (exact) mass is 419 g/mol. The maximum atomic E-state index is 11.1. The number of aryl methyl sites for hydroxylation is 3. The molecule has 0 spiro atoms. The van der Waals surface area contributed by atoms with Crippen LogP contribution in [0.1, 0.15) is 35.9 Å². The fourth-order valence-electron chi connectivity index (χ4n) is 2.83. The van der Waals surface area contributed by atoms with Gasteiger partial charge in [-0.1, -0.05) is 12.1 Å². The lowest BCUT2D eigenvalue weighted by Gasteiger charge is -2.04. The molecule has 3 aromatic rings. The normalized spacial score (nSPS) is 10.5. The second-order valence-electron chi connectivity index (χ2n) is 6.28. The molecule has 4 N–H and O–H groups in total. The maximum absolute atomic E-state index is 11.1. The minimum atomic E-state index is -0.438. The summed E-state index contributed by atoms with van der Waals surface area (Å²) in [5, 5.41) is 21.4. The summed E-state index contributed by atoms with van der Waals surface area (Å²) >= 11 is 1.75. The smallest absolute Gasteiger partial charge is 0.290 e. The number of thiazole rings is 1. The van der Waals surface area contributed by atoms with Crippen LogP contribution in [0.4, 0.5) is 0 Å². The second kappa shape index (κ2) is 11.9. The fourth-order valence-corrected chi connectivity index (χ4v) is 3.84. The fraction of sp³-hybridized carbons (Fsp3) is 0.421. The molecule has 2 aromatic heterocycles. The van der Waals surface area contributed by atoms with Crippen LogP contribution in [0.3, 0.4) is 0 Å². The zero-order valence-electron chi connectivity index (χ0n) is 16.0. The molecule has 0 bridgehead atoms. The van der Waals surface area contributed by atoms with Crippen molar-refractivity contribution in [3.8, 4) is 0 Å². The van der Waals surface area contributed by atoms with Crippen LogP contribution in [0.2, 0.25) is 0 Å². The zero-order valence-corrected chi connectivity index (χ0v) is 16.8. The molecule has 156 valence electrons. The highest BCUT2D eigenvalue weighted by molar-refractivity contribution is 7.18. The number of amides is 1. The van der Waals surface area contributed by atoms with E-state index in [1.807, 2.05) is 18.2 Å². The lowest BCUT2D eigenvalue weighted by atomic mass is 10.2. The van der Waals surface area contributed by atoms with Gasteiger partial charge in [0.25, 0.3) is 6.47 Å². The van der Waals surface area contributed by atoms with E-state index in [0.29, 0.717) is 18.8 Å². The molecule has 0 saturated heterocycles. The van der Waals surface area contributed by atoms with Crippen LogP contribution in [0.25, 0.3) is 10.2 Å². The van der Waals surface area contributed by atoms with Crippen molar-refractivity contribution in [2.45, 2.75) is 45.1 Å². The Bertz CT molecular complexity index is 891. The van der Waals surface area contributed by atoms with E-state index >= 15 is 0 Å². The van der Waals surface area contributed by atoms with Crippen molar-refractivity contribution in [1.29, 1.82) is 0 Å². The van der Waals surface area contributed by atoms with Gasteiger partial charge >= 0.3 is 0 Å². The minimum Gasteiger partial charge on any atom is -0.483 e. The highest BCUT2D eigenvalue weighted by Crippen LogP contribution is 2.23. The average molecular weight is 420 g/mol. The molecule has 0 aliphatic heterocycles. The largest absolute Gasteiger partial charge is 0.483 e. The number of aliphatic hydroxyl groups is 1. The van der Waals surface area contributed by atoms with Gasteiger partial charge in [-0.25, -0.2) is 14.6 Å². The van der Waals surface area contributed by atoms with Crippen LogP contribution < -0.4 is 5.73 Å². The number of hydrogen-bond donors (Lipinski definition) is 3. The summed E-state index contributed by atoms with van der Waals surface area (Å²) in [5.41, 5.74) is 6.29. The van der Waals surface area contributed by atoms with Crippen molar-refractivity contribution < 1.29 is 19.8 Å². The number of primary amides is 1. The van der Waals surface area contributed by atoms with Gasteiger partial charge in [-0.05, 0) is 37.8 Å². The molecule has 0 unspecified atom stereocenters. The SMILES string of the molecule is NC(=O)Cc1nc(CCCCc2nc3ccccc3s2)n(CCCO)n1.O=CO. The van der Waals surface area contributed by atoms with Crippen molar-refractivity contribution in [2.75, 3.05) is 6.61 Å². The molecule has 0 radical (unpaired) electrons. The molecule has 0 atom stereocenters. The Kier molecular flexibility index (Phi) is 9.19. The second-order valence-corrected chi connectivity index (χ2v) is 7.39. The van der Waals surface area contributed by atoms with E-state index in [1.165, 1.54) is 4.70 Å². The first kappa shape index (κ1) is 22.4. The average Bonchev–Trinajstić information content (AvgIpc) is 3.26. The standard InChI is InChI=1S/C18H23N5O2S.CH2O2/c19-15(25)12-16-21-17(23(22-16)10-5-11-24)8-3-4-9-18-20-13-6-1-2-7-14(13)26-18;2-1-3/h1-2,6-7,24H,3-5,8-12H2,(H2,19,25);1H,(H,2,3). The number of carboxylic acid groups (broad SMARTS) is 1. The number of hydrogen-bond acceptors (Lipinski definition) is 7. The summed E-state index contributed by atoms with van der Waals surface area (Å²) in [6, 6.07) is 8.18. The molecule has 9 nitrogen and oxygen atoms in total. The van der Waals surface area contributed by atoms with E-state index in [-0.39, 0.29) is 19.5 Å². The number of para-hydroxylation sites is 1. The predicted octanol–water partition coefficient (Wildman–Crippen LogP) is 1.56. The Hall–Kier alpha value is -2.85. The van der Waals surface area contributed by atoms with Crippen molar-refractivity contribution >= 4 is 33.9 Å². The Balaban J connectivity index is 0.000000941. The van der Waals surface area contributed by atoms with Gasteiger partial charge in [0.15, 0.2) is 5.82 Å². The number of fused-ring (bicyclic) bond motifs is 1. The van der Waals surface area contributed by atoms with Crippen LogP contribution in [0.5, 0.6) is 0 Å². The molecular weight excluding hydrogens is 394 g/mol. The topological polar surface area (TPSA) is 144 Å². The van der Waals surface area contributed by atoms with Gasteiger partial charge in [0, 0.05) is 19.6 Å². The quantitative estimate of drug-likeness (QED) is 0.334. The lowest BCUT2D eigenvalue weighted by molar-refractivity contribution is -0.123. The van der Waals surface area contributed by atoms with Gasteiger partial charge in [-0.3, -0.25) is 9.59 Å². The number of carbonyl (C=O) groups excluding carboxylic acids is 1. The summed E-state index contributed by atoms with van der Waals surface area (Å²) in [6.45, 7) is 0.442. The number of nitrogens with two attached hydrogens (primary N) is 1. The van der Waals surface area contributed by atoms with Crippen molar-refractivity contribution in [3.63, 3.8) is 0 Å². The summed E-state index contributed by atoms with van der Waals surface area (Å²) in [6.07, 6.45) is 4.35. The minimum absolute atomic E-state index is 0.0465. The van der Waals surface area contributed by atoms with Gasteiger partial charge in [0.2, 0.25) is 5.91 Å². The van der Waals surface area contributed by atoms with Crippen molar-refractivity contribution in [1.82, 2.24) is 19.7 Å². The highest BCUT2D eigenvalue weighted by Gasteiger charge is 2.12. The van der Waals surface area contributed by atoms with Crippen LogP contribution in [0, 0.1) is 0 Å². The molecule has 29 heavy (non-hydrogen) atoms. The Morgan fingerprint density at radius 2 is 1.90 bits per heavy atom. The molecule has 0 fully saturated rings. The summed E-state index contributed by atoms with van der Waals surface area (Å²) in [4.78, 5) is 28.5. The predicted molar refractivity (Wildman–Crippen MR) is 110 cm³/mol. The number of nitrogens with zero attached hydrogens (tertiary/aromatic N) is 4. The number of aromatic nitrogens is 4. The number of unbranched alkanes of at least 4 members (excludes halogenated alkanes) is 1. The molecule has 0 aliphatic carbocycles. The summed E-state index contributed by atoms with van der Waals surface area (Å²) in [7, 11) is 0. The molecule has 2 heterocycles. The molecule has 3 rings (SSSR count). The van der Waals surface area contributed by atoms with Crippen LogP contribution in [0.15, 0.2) is 24.3 Å². The Morgan fingerprint density at radius 3 is 2.59 bits per heavy atom. The van der Waals surface area contributed by atoms with E-state index in [0.717, 1.165) is 42.0 Å². The van der Waals surface area contributed by atoms with E-state index in [2.05, 4.69) is 21.1 Å². The lowest BCUT2D eigenvalue weighted by Crippen LogP contribution is -2.15. The van der Waals surface area contributed by atoms with Crippen molar-refractivity contribution in [3.05, 3.63) is 40.9 Å². The van der Waals surface area contributed by atoms with Gasteiger partial charge in [0.05, 0.1) is 21.6 Å². The van der Waals surface area contributed by atoms with E-state index in [9.17, 15) is 4.79 Å². The molecule has 1 amide bonds. The third-order valence-electron chi connectivity index (χ3n) is 4.03. The molecule has 10 heteroatoms. The number of aliphatic hydroxyl groups excluding tert-OH is 1. The first-order valence-corrected chi connectivity index (χ1v) is 10.1. The third-order valence-corrected chi connectivity index (χ3v) is 5.13. The van der Waals surface area contributed by atoms with Crippen LogP contribution in [-0.4, -0.2) is 48.9 Å². The zero-order chi connectivity index (χ0) is 21.1. The summed E-state index contributed by atoms with van der Waals surface area (Å²) in [5.74, 6) is 0.863. The van der Waals surface area contributed by atoms with Gasteiger partial charge in [-0.2, -0.15) is 5.10 Å². The van der Waals surface area contributed by atoms with Gasteiger partial charge in [-0.15, -0.1) is 11.3 Å². The number of rotatable bonds is 10. The molecule has 0 aliphatic rings. The Labute approximate surface area is 172 Å². The molecular formula is C19H25N5O4S. The first-order valence-electron chi connectivity index (χ1n) is 9.31. The van der Waals surface area contributed by atoms with Crippen LogP contribution >= 0.6 is 11.3 Å².